The summed E-state index contributed by atoms with van der Waals surface area (Å²) in [6, 6.07) is 18.0. The predicted molar refractivity (Wildman–Crippen MR) is 319 cm³/mol. The fourth-order valence-electron chi connectivity index (χ4n) is 11.2. The van der Waals surface area contributed by atoms with Gasteiger partial charge in [0.1, 0.15) is 12.1 Å². The largest absolute Gasteiger partial charge is 0.417 e. The number of carbonyl (C=O) groups excluding carboxylic acids is 6. The Hall–Kier alpha value is -7.54. The Bertz CT molecular complexity index is 3350. The number of hydrogen-bond donors (Lipinski definition) is 6. The van der Waals surface area contributed by atoms with Gasteiger partial charge >= 0.3 is 6.18 Å². The molecule has 4 atom stereocenters. The quantitative estimate of drug-likeness (QED) is 0.0355. The van der Waals surface area contributed by atoms with Crippen LogP contribution in [-0.4, -0.2) is 166 Å². The number of aromatic nitrogens is 2. The molecular weight excluding hydrogens is 1130 g/mol. The second-order valence-electron chi connectivity index (χ2n) is 24.1. The number of aryl methyl sites for hydroxylation is 1. The standard InChI is InChI=1S/C62H75F4N11O8S/c1-38-54(86-37-69-38)41-14-12-40(13-15-41)47(70-57(83)50-31-44(78)36-77(50)58(84)55(60(2,3)4)72-59(85)61(63)18-19-61)33-52(80)67-20-7-6-11-53(81)76-27-23-74(24-28-76)35-39-9-8-10-42(29-39)43-16-17-49(75-25-21-73(5)22-26-75)48(30-43)71-56(82)45-34-68-51(79)32-46(45)62(64,65)66/h8-10,12-17,29-30,32,34,37,44,47,50,55,78H,6-7,11,18-28,31,33,35-36H2,1-5H3,(H,67,80)(H,68,79)(H,70,83)(H,71,82)(H,72,85)/t44-,47?,50+,55?/m1/s1. The maximum Gasteiger partial charge on any atom is 0.417 e. The van der Waals surface area contributed by atoms with Crippen LogP contribution in [0.15, 0.2) is 89.3 Å². The van der Waals surface area contributed by atoms with Crippen LogP contribution in [-0.2, 0) is 36.7 Å². The number of benzene rings is 3. The molecule has 0 radical (unpaired) electrons. The van der Waals surface area contributed by atoms with Gasteiger partial charge in [0, 0.05) is 97.1 Å². The smallest absolute Gasteiger partial charge is 0.391 e. The second kappa shape index (κ2) is 26.6. The lowest BCUT2D eigenvalue weighted by Gasteiger charge is -2.36. The first-order valence-electron chi connectivity index (χ1n) is 29.2. The Morgan fingerprint density at radius 1 is 0.860 bits per heavy atom. The van der Waals surface area contributed by atoms with Gasteiger partial charge in [-0.25, -0.2) is 9.37 Å². The number of β-amino-alcohol motifs (C(OH)–C–C–N with tert-alkyl or cyclic N) is 1. The molecule has 4 fully saturated rings. The van der Waals surface area contributed by atoms with Gasteiger partial charge in [0.05, 0.1) is 57.1 Å². The highest BCUT2D eigenvalue weighted by molar-refractivity contribution is 7.13. The molecule has 5 heterocycles. The lowest BCUT2D eigenvalue weighted by molar-refractivity contribution is -0.145. The third-order valence-electron chi connectivity index (χ3n) is 16.5. The molecule has 9 rings (SSSR count). The van der Waals surface area contributed by atoms with Gasteiger partial charge in [0.2, 0.25) is 29.2 Å². The molecule has 3 aromatic carbocycles. The van der Waals surface area contributed by atoms with E-state index < -0.39 is 81.8 Å². The van der Waals surface area contributed by atoms with E-state index in [9.17, 15) is 56.2 Å². The maximum absolute atomic E-state index is 14.8. The van der Waals surface area contributed by atoms with E-state index in [0.717, 1.165) is 52.1 Å². The fourth-order valence-corrected chi connectivity index (χ4v) is 12.0. The number of amides is 6. The fraction of sp³-hybridized carbons (Fsp3) is 0.484. The number of piperazine rings is 2. The minimum absolute atomic E-state index is 0.00539. The van der Waals surface area contributed by atoms with Crippen molar-refractivity contribution in [3.8, 4) is 21.6 Å². The Morgan fingerprint density at radius 3 is 2.22 bits per heavy atom. The lowest BCUT2D eigenvalue weighted by atomic mass is 9.85. The van der Waals surface area contributed by atoms with Crippen LogP contribution in [0.5, 0.6) is 0 Å². The van der Waals surface area contributed by atoms with Crippen molar-refractivity contribution in [2.75, 3.05) is 82.7 Å². The molecule has 3 aliphatic heterocycles. The zero-order valence-electron chi connectivity index (χ0n) is 49.0. The molecule has 3 saturated heterocycles. The van der Waals surface area contributed by atoms with Crippen LogP contribution < -0.4 is 31.7 Å². The molecule has 5 aromatic rings. The predicted octanol–water partition coefficient (Wildman–Crippen LogP) is 6.67. The van der Waals surface area contributed by atoms with Crippen molar-refractivity contribution in [3.05, 3.63) is 123 Å². The Balaban J connectivity index is 0.769. The van der Waals surface area contributed by atoms with Crippen LogP contribution in [0, 0.1) is 12.3 Å². The highest BCUT2D eigenvalue weighted by Gasteiger charge is 2.53. The van der Waals surface area contributed by atoms with Gasteiger partial charge in [0.15, 0.2) is 5.67 Å². The number of hydrogen-bond acceptors (Lipinski definition) is 13. The molecule has 19 nitrogen and oxygen atoms in total. The van der Waals surface area contributed by atoms with Crippen LogP contribution in [0.1, 0.15) is 105 Å². The number of rotatable bonds is 20. The van der Waals surface area contributed by atoms with E-state index in [1.54, 1.807) is 32.3 Å². The number of likely N-dealkylation sites (tertiary alicyclic amines) is 1. The number of anilines is 2. The van der Waals surface area contributed by atoms with E-state index in [1.165, 1.54) is 16.2 Å². The molecule has 0 spiro atoms. The number of likely N-dealkylation sites (N-methyl/N-ethyl adjacent to an activating group) is 1. The first kappa shape index (κ1) is 63.0. The number of H-pyrrole nitrogens is 1. The summed E-state index contributed by atoms with van der Waals surface area (Å²) in [4.78, 5) is 111. The summed E-state index contributed by atoms with van der Waals surface area (Å²) in [6.45, 7) is 12.8. The molecule has 6 N–H and O–H groups in total. The molecule has 2 aromatic heterocycles. The number of alkyl halides is 4. The van der Waals surface area contributed by atoms with Crippen LogP contribution in [0.4, 0.5) is 28.9 Å². The normalized spacial score (nSPS) is 18.9. The zero-order valence-corrected chi connectivity index (χ0v) is 49.8. The number of carbonyl (C=O) groups is 6. The number of aromatic amines is 1. The van der Waals surface area contributed by atoms with Crippen molar-refractivity contribution >= 4 is 58.2 Å². The molecule has 86 heavy (non-hydrogen) atoms. The van der Waals surface area contributed by atoms with Crippen LogP contribution >= 0.6 is 11.3 Å². The third-order valence-corrected chi connectivity index (χ3v) is 17.4. The maximum atomic E-state index is 14.8. The highest BCUT2D eigenvalue weighted by atomic mass is 32.1. The van der Waals surface area contributed by atoms with Gasteiger partial charge in [0.25, 0.3) is 11.8 Å². The number of aliphatic hydroxyl groups is 1. The van der Waals surface area contributed by atoms with Gasteiger partial charge in [-0.1, -0.05) is 69.3 Å². The topological polar surface area (TPSA) is 233 Å². The Kier molecular flexibility index (Phi) is 19.5. The minimum Gasteiger partial charge on any atom is -0.391 e. The van der Waals surface area contributed by atoms with Crippen molar-refractivity contribution in [2.24, 2.45) is 5.41 Å². The van der Waals surface area contributed by atoms with E-state index in [2.05, 4.69) is 45.9 Å². The summed E-state index contributed by atoms with van der Waals surface area (Å²) >= 11 is 1.49. The van der Waals surface area contributed by atoms with E-state index in [1.807, 2.05) is 79.5 Å². The highest BCUT2D eigenvalue weighted by Crippen LogP contribution is 2.41. The first-order valence-corrected chi connectivity index (χ1v) is 30.1. The number of unbranched alkanes of at least 4 members (excludes halogenated alkanes) is 1. The summed E-state index contributed by atoms with van der Waals surface area (Å²) in [5.41, 5.74) is 1.78. The molecule has 460 valence electrons. The molecule has 4 aliphatic rings. The number of pyridine rings is 1. The van der Waals surface area contributed by atoms with Crippen LogP contribution in [0.25, 0.3) is 21.6 Å². The molecule has 1 aliphatic carbocycles. The lowest BCUT2D eigenvalue weighted by Crippen LogP contribution is -2.59. The van der Waals surface area contributed by atoms with Gasteiger partial charge in [-0.2, -0.15) is 13.2 Å². The molecule has 0 bridgehead atoms. The van der Waals surface area contributed by atoms with E-state index in [4.69, 9.17) is 0 Å². The number of nitrogens with one attached hydrogen (secondary N) is 5. The van der Waals surface area contributed by atoms with Gasteiger partial charge < -0.3 is 51.0 Å². The van der Waals surface area contributed by atoms with Gasteiger partial charge in [-0.3, -0.25) is 38.5 Å². The SMILES string of the molecule is Cc1ncsc1-c1ccc(C(CC(=O)NCCCCC(=O)N2CCN(Cc3cccc(-c4ccc(N5CCN(C)CC5)c(NC(=O)c5c[nH]c(=O)cc5C(F)(F)F)c4)c3)CC2)NC(=O)[C@@H]2C[C@@H](O)CN2C(=O)C(NC(=O)C2(F)CC2)C(C)(C)C)cc1. The second-order valence-corrected chi connectivity index (χ2v) is 24.9. The van der Waals surface area contributed by atoms with Crippen molar-refractivity contribution in [1.82, 2.24) is 45.5 Å². The Morgan fingerprint density at radius 2 is 1.56 bits per heavy atom. The van der Waals surface area contributed by atoms with Crippen LogP contribution in [0.3, 0.4) is 0 Å². The zero-order chi connectivity index (χ0) is 61.7. The summed E-state index contributed by atoms with van der Waals surface area (Å²) < 4.78 is 56.8. The number of nitrogens with zero attached hydrogens (tertiary/aromatic N) is 6. The van der Waals surface area contributed by atoms with E-state index >= 15 is 0 Å². The van der Waals surface area contributed by atoms with Crippen molar-refractivity contribution in [1.29, 1.82) is 0 Å². The van der Waals surface area contributed by atoms with Crippen LogP contribution in [0.2, 0.25) is 0 Å². The first-order chi connectivity index (χ1) is 40.8. The monoisotopic (exact) mass is 1210 g/mol. The van der Waals surface area contributed by atoms with Crippen molar-refractivity contribution in [2.45, 2.75) is 115 Å². The Labute approximate surface area is 500 Å². The molecule has 6 amide bonds. The minimum atomic E-state index is -4.93. The van der Waals surface area contributed by atoms with Gasteiger partial charge in [-0.15, -0.1) is 11.3 Å². The average molecular weight is 1210 g/mol. The molecular formula is C62H75F4N11O8S. The number of aliphatic hydroxyl groups excluding tert-OH is 1. The third kappa shape index (κ3) is 15.5. The molecule has 1 saturated carbocycles. The number of halogens is 4. The summed E-state index contributed by atoms with van der Waals surface area (Å²) in [5, 5.41) is 22.0. The van der Waals surface area contributed by atoms with Crippen molar-refractivity contribution < 1.29 is 51.4 Å². The summed E-state index contributed by atoms with van der Waals surface area (Å²) in [6.07, 6.45) is -4.02. The molecule has 2 unspecified atom stereocenters. The van der Waals surface area contributed by atoms with E-state index in [-0.39, 0.29) is 57.0 Å². The molecule has 24 heteroatoms. The summed E-state index contributed by atoms with van der Waals surface area (Å²) in [7, 11) is 2.00. The summed E-state index contributed by atoms with van der Waals surface area (Å²) in [5.74, 6) is -3.47. The number of thiazole rings is 1. The average Bonchev–Trinajstić information content (AvgIpc) is 2.08. The van der Waals surface area contributed by atoms with Crippen molar-refractivity contribution in [3.63, 3.8) is 0 Å². The van der Waals surface area contributed by atoms with E-state index in [0.29, 0.717) is 81.7 Å². The van der Waals surface area contributed by atoms with Gasteiger partial charge in [-0.05, 0) is 91.1 Å².